The monoisotopic (exact) mass is 330 g/mol. The highest BCUT2D eigenvalue weighted by molar-refractivity contribution is 7.87. The molecule has 6 nitrogen and oxygen atoms in total. The summed E-state index contributed by atoms with van der Waals surface area (Å²) in [4.78, 5) is 10.9. The van der Waals surface area contributed by atoms with Crippen molar-refractivity contribution in [2.24, 2.45) is 17.8 Å². The van der Waals surface area contributed by atoms with Crippen LogP contribution in [-0.4, -0.2) is 48.8 Å². The van der Waals surface area contributed by atoms with Gasteiger partial charge in [0, 0.05) is 6.54 Å². The maximum atomic E-state index is 12.2. The lowest BCUT2D eigenvalue weighted by atomic mass is 9.65. The topological polar surface area (TPSA) is 86.7 Å². The molecule has 0 amide bonds. The van der Waals surface area contributed by atoms with E-state index in [1.54, 1.807) is 0 Å². The lowest BCUT2D eigenvalue weighted by Gasteiger charge is -2.46. The number of rotatable bonds is 3. The lowest BCUT2D eigenvalue weighted by molar-refractivity contribution is -0.109. The molecule has 6 atom stereocenters. The van der Waals surface area contributed by atoms with Gasteiger partial charge in [0.25, 0.3) is 10.2 Å². The van der Waals surface area contributed by atoms with Crippen molar-refractivity contribution in [2.75, 3.05) is 6.54 Å². The summed E-state index contributed by atoms with van der Waals surface area (Å²) in [6.45, 7) is 2.35. The predicted molar refractivity (Wildman–Crippen MR) is 82.3 cm³/mol. The molecule has 3 fully saturated rings. The van der Waals surface area contributed by atoms with Crippen LogP contribution in [0.1, 0.15) is 45.4 Å². The van der Waals surface area contributed by atoms with Crippen molar-refractivity contribution in [2.45, 2.75) is 63.6 Å². The van der Waals surface area contributed by atoms with Crippen molar-refractivity contribution < 1.29 is 18.3 Å². The smallest absolute Gasteiger partial charge is 0.280 e. The molecule has 0 aromatic carbocycles. The molecule has 6 unspecified atom stereocenters. The highest BCUT2D eigenvalue weighted by atomic mass is 32.2. The summed E-state index contributed by atoms with van der Waals surface area (Å²) in [6, 6.07) is -1.08. The third kappa shape index (κ3) is 2.96. The van der Waals surface area contributed by atoms with Gasteiger partial charge >= 0.3 is 0 Å². The highest BCUT2D eigenvalue weighted by Gasteiger charge is 2.47. The van der Waals surface area contributed by atoms with Crippen molar-refractivity contribution in [3.8, 4) is 0 Å². The molecule has 0 spiro atoms. The van der Waals surface area contributed by atoms with E-state index in [0.29, 0.717) is 24.5 Å². The molecule has 1 saturated heterocycles. The molecule has 3 aliphatic rings. The van der Waals surface area contributed by atoms with Gasteiger partial charge in [0.05, 0.1) is 18.2 Å². The Hall–Kier alpha value is -0.500. The predicted octanol–water partition coefficient (Wildman–Crippen LogP) is 0.670. The summed E-state index contributed by atoms with van der Waals surface area (Å²) in [5.74, 6) is 1.75. The van der Waals surface area contributed by atoms with E-state index in [4.69, 9.17) is 0 Å². The Kier molecular flexibility index (Phi) is 4.60. The standard InChI is InChI=1S/C15H26N2O4S/c1-2-10-3-4-11-7-15(19)14(6-12(11)5-10)17-8-13(9-18)16-22(17,20)21/h9-16,19H,2-8H2,1H3. The first kappa shape index (κ1) is 16.4. The number of nitrogens with one attached hydrogen (secondary N) is 1. The summed E-state index contributed by atoms with van der Waals surface area (Å²) in [5.41, 5.74) is 0. The molecule has 0 bridgehead atoms. The van der Waals surface area contributed by atoms with E-state index in [1.165, 1.54) is 17.1 Å². The molecule has 0 radical (unpaired) electrons. The summed E-state index contributed by atoms with van der Waals surface area (Å²) < 4.78 is 28.1. The van der Waals surface area contributed by atoms with E-state index in [1.807, 2.05) is 0 Å². The van der Waals surface area contributed by atoms with Gasteiger partial charge in [0.2, 0.25) is 0 Å². The Morgan fingerprint density at radius 2 is 2.00 bits per heavy atom. The number of carbonyl (C=O) groups excluding carboxylic acids is 1. The van der Waals surface area contributed by atoms with Gasteiger partial charge in [0.1, 0.15) is 6.29 Å². The quantitative estimate of drug-likeness (QED) is 0.745. The van der Waals surface area contributed by atoms with Crippen molar-refractivity contribution in [1.82, 2.24) is 9.03 Å². The van der Waals surface area contributed by atoms with Crippen LogP contribution in [0.2, 0.25) is 0 Å². The number of carbonyl (C=O) groups is 1. The number of hydrogen-bond donors (Lipinski definition) is 2. The summed E-state index contributed by atoms with van der Waals surface area (Å²) in [6.07, 6.45) is 6.10. The molecule has 0 aromatic heterocycles. The minimum atomic E-state index is -3.65. The second kappa shape index (κ2) is 6.19. The number of aldehydes is 1. The Balaban J connectivity index is 1.75. The molecule has 7 heteroatoms. The molecule has 1 heterocycles. The van der Waals surface area contributed by atoms with Gasteiger partial charge < -0.3 is 9.90 Å². The maximum Gasteiger partial charge on any atom is 0.280 e. The number of nitrogens with zero attached hydrogens (tertiary/aromatic N) is 1. The average Bonchev–Trinajstić information content (AvgIpc) is 2.81. The Morgan fingerprint density at radius 3 is 2.64 bits per heavy atom. The van der Waals surface area contributed by atoms with Gasteiger partial charge in [-0.2, -0.15) is 17.4 Å². The molecule has 0 aromatic rings. The fraction of sp³-hybridized carbons (Fsp3) is 0.933. The van der Waals surface area contributed by atoms with Crippen LogP contribution in [-0.2, 0) is 15.0 Å². The van der Waals surface area contributed by atoms with E-state index >= 15 is 0 Å². The minimum Gasteiger partial charge on any atom is -0.391 e. The van der Waals surface area contributed by atoms with E-state index < -0.39 is 22.4 Å². The largest absolute Gasteiger partial charge is 0.391 e. The van der Waals surface area contributed by atoms with Crippen LogP contribution >= 0.6 is 0 Å². The number of hydrogen-bond acceptors (Lipinski definition) is 4. The summed E-state index contributed by atoms with van der Waals surface area (Å²) in [7, 11) is -3.65. The third-order valence-corrected chi connectivity index (χ3v) is 7.52. The molecule has 2 saturated carbocycles. The lowest BCUT2D eigenvalue weighted by Crippen LogP contribution is -2.51. The fourth-order valence-corrected chi connectivity index (χ4v) is 6.20. The zero-order chi connectivity index (χ0) is 15.9. The van der Waals surface area contributed by atoms with Gasteiger partial charge in [-0.25, -0.2) is 0 Å². The van der Waals surface area contributed by atoms with Crippen LogP contribution in [0.15, 0.2) is 0 Å². The normalized spacial score (nSPS) is 45.4. The Labute approximate surface area is 132 Å². The molecule has 126 valence electrons. The molecule has 1 aliphatic heterocycles. The second-order valence-electron chi connectivity index (χ2n) is 7.15. The van der Waals surface area contributed by atoms with Crippen molar-refractivity contribution in [1.29, 1.82) is 0 Å². The van der Waals surface area contributed by atoms with Gasteiger partial charge in [-0.1, -0.05) is 19.8 Å². The molecule has 3 rings (SSSR count). The van der Waals surface area contributed by atoms with Crippen molar-refractivity contribution >= 4 is 16.5 Å². The first-order valence-corrected chi connectivity index (χ1v) is 9.81. The van der Waals surface area contributed by atoms with Crippen molar-refractivity contribution in [3.05, 3.63) is 0 Å². The van der Waals surface area contributed by atoms with E-state index in [9.17, 15) is 18.3 Å². The zero-order valence-corrected chi connectivity index (χ0v) is 13.8. The van der Waals surface area contributed by atoms with Crippen LogP contribution in [0.3, 0.4) is 0 Å². The molecule has 22 heavy (non-hydrogen) atoms. The third-order valence-electron chi connectivity index (χ3n) is 5.88. The van der Waals surface area contributed by atoms with Crippen LogP contribution in [0, 0.1) is 17.8 Å². The highest BCUT2D eigenvalue weighted by Crippen LogP contribution is 2.45. The number of aliphatic hydroxyl groups excluding tert-OH is 1. The fourth-order valence-electron chi connectivity index (χ4n) is 4.61. The van der Waals surface area contributed by atoms with Gasteiger partial charge in [-0.05, 0) is 43.4 Å². The van der Waals surface area contributed by atoms with E-state index in [0.717, 1.165) is 25.2 Å². The van der Waals surface area contributed by atoms with Gasteiger partial charge in [0.15, 0.2) is 0 Å². The summed E-state index contributed by atoms with van der Waals surface area (Å²) in [5, 5.41) is 10.5. The van der Waals surface area contributed by atoms with Crippen molar-refractivity contribution in [3.63, 3.8) is 0 Å². The van der Waals surface area contributed by atoms with Crippen LogP contribution in [0.4, 0.5) is 0 Å². The second-order valence-corrected chi connectivity index (χ2v) is 8.80. The number of fused-ring (bicyclic) bond motifs is 1. The number of aliphatic hydroxyl groups is 1. The van der Waals surface area contributed by atoms with Crippen LogP contribution in [0.5, 0.6) is 0 Å². The molecule has 2 aliphatic carbocycles. The average molecular weight is 330 g/mol. The molecular weight excluding hydrogens is 304 g/mol. The van der Waals surface area contributed by atoms with Crippen LogP contribution in [0.25, 0.3) is 0 Å². The molecule has 2 N–H and O–H groups in total. The van der Waals surface area contributed by atoms with Gasteiger partial charge in [-0.15, -0.1) is 0 Å². The zero-order valence-electron chi connectivity index (χ0n) is 13.0. The maximum absolute atomic E-state index is 12.2. The minimum absolute atomic E-state index is 0.141. The van der Waals surface area contributed by atoms with E-state index in [2.05, 4.69) is 11.6 Å². The Bertz CT molecular complexity index is 524. The first-order chi connectivity index (χ1) is 10.4. The SMILES string of the molecule is CCC1CCC2CC(O)C(N3CC(C=O)NS3(=O)=O)CC2C1. The van der Waals surface area contributed by atoms with Gasteiger partial charge in [-0.3, -0.25) is 0 Å². The Morgan fingerprint density at radius 1 is 1.23 bits per heavy atom. The summed E-state index contributed by atoms with van der Waals surface area (Å²) >= 11 is 0. The van der Waals surface area contributed by atoms with Crippen LogP contribution < -0.4 is 4.72 Å². The first-order valence-electron chi connectivity index (χ1n) is 8.37. The molecular formula is C15H26N2O4S. The van der Waals surface area contributed by atoms with E-state index in [-0.39, 0.29) is 12.6 Å².